The Bertz CT molecular complexity index is 727. The monoisotopic (exact) mass is 365 g/mol. The summed E-state index contributed by atoms with van der Waals surface area (Å²) in [5.41, 5.74) is 1.12. The van der Waals surface area contributed by atoms with Crippen LogP contribution in [0.2, 0.25) is 0 Å². The van der Waals surface area contributed by atoms with Crippen LogP contribution in [0.15, 0.2) is 55.1 Å². The first-order valence-electron chi connectivity index (χ1n) is 8.16. The van der Waals surface area contributed by atoms with Crippen molar-refractivity contribution in [1.29, 1.82) is 0 Å². The zero-order valence-electron chi connectivity index (χ0n) is 14.8. The van der Waals surface area contributed by atoms with Gasteiger partial charge < -0.3 is 14.8 Å². The van der Waals surface area contributed by atoms with Crippen molar-refractivity contribution in [2.45, 2.75) is 25.7 Å². The van der Waals surface area contributed by atoms with Crippen molar-refractivity contribution in [1.82, 2.24) is 5.32 Å². The van der Waals surface area contributed by atoms with Crippen LogP contribution in [0.1, 0.15) is 29.7 Å². The lowest BCUT2D eigenvalue weighted by molar-refractivity contribution is -0.137. The predicted octanol–water partition coefficient (Wildman–Crippen LogP) is 5.13. The average Bonchev–Trinajstić information content (AvgIpc) is 2.64. The maximum Gasteiger partial charge on any atom is 0.416 e. The second-order valence-corrected chi connectivity index (χ2v) is 5.81. The van der Waals surface area contributed by atoms with Crippen LogP contribution >= 0.6 is 0 Å². The minimum atomic E-state index is -4.32. The van der Waals surface area contributed by atoms with Gasteiger partial charge in [0.15, 0.2) is 11.5 Å². The summed E-state index contributed by atoms with van der Waals surface area (Å²) >= 11 is 0. The fraction of sp³-hybridized carbons (Fsp3) is 0.300. The second kappa shape index (κ2) is 8.76. The fourth-order valence-corrected chi connectivity index (χ4v) is 2.44. The Labute approximate surface area is 151 Å². The number of benzene rings is 2. The van der Waals surface area contributed by atoms with Gasteiger partial charge >= 0.3 is 6.18 Å². The Morgan fingerprint density at radius 3 is 2.38 bits per heavy atom. The third kappa shape index (κ3) is 5.26. The first kappa shape index (κ1) is 19.8. The quantitative estimate of drug-likeness (QED) is 0.658. The van der Waals surface area contributed by atoms with Crippen molar-refractivity contribution >= 4 is 0 Å². The Balaban J connectivity index is 2.00. The van der Waals surface area contributed by atoms with Gasteiger partial charge in [0, 0.05) is 12.6 Å². The van der Waals surface area contributed by atoms with Crippen molar-refractivity contribution in [3.63, 3.8) is 0 Å². The topological polar surface area (TPSA) is 30.5 Å². The van der Waals surface area contributed by atoms with Crippen LogP contribution in [-0.4, -0.2) is 13.7 Å². The summed E-state index contributed by atoms with van der Waals surface area (Å²) < 4.78 is 48.7. The van der Waals surface area contributed by atoms with Crippen LogP contribution in [0.5, 0.6) is 11.5 Å². The molecule has 2 rings (SSSR count). The second-order valence-electron chi connectivity index (χ2n) is 5.81. The van der Waals surface area contributed by atoms with Gasteiger partial charge in [-0.25, -0.2) is 0 Å². The lowest BCUT2D eigenvalue weighted by Gasteiger charge is -2.16. The van der Waals surface area contributed by atoms with Crippen LogP contribution in [-0.2, 0) is 12.7 Å². The molecule has 3 nitrogen and oxygen atoms in total. The summed E-state index contributed by atoms with van der Waals surface area (Å²) in [6, 6.07) is 10.7. The number of ether oxygens (including phenoxy) is 2. The fourth-order valence-electron chi connectivity index (χ4n) is 2.44. The third-order valence-electron chi connectivity index (χ3n) is 3.94. The van der Waals surface area contributed by atoms with E-state index in [0.29, 0.717) is 24.7 Å². The van der Waals surface area contributed by atoms with Gasteiger partial charge in [-0.15, -0.1) is 0 Å². The van der Waals surface area contributed by atoms with E-state index < -0.39 is 11.7 Å². The van der Waals surface area contributed by atoms with Gasteiger partial charge in [-0.2, -0.15) is 13.2 Å². The SMILES string of the molecule is C=CCOc1ccc(CNC(C)c2ccc(C(F)(F)F)cc2)cc1OC. The Morgan fingerprint density at radius 2 is 1.81 bits per heavy atom. The average molecular weight is 365 g/mol. The molecule has 1 N–H and O–H groups in total. The molecule has 0 heterocycles. The molecule has 2 aromatic rings. The van der Waals surface area contributed by atoms with Crippen LogP contribution in [0.3, 0.4) is 0 Å². The molecule has 0 fully saturated rings. The Kier molecular flexibility index (Phi) is 6.69. The third-order valence-corrected chi connectivity index (χ3v) is 3.94. The van der Waals surface area contributed by atoms with Crippen molar-refractivity contribution in [2.24, 2.45) is 0 Å². The number of hydrogen-bond acceptors (Lipinski definition) is 3. The number of methoxy groups -OCH3 is 1. The molecule has 1 atom stereocenters. The molecule has 0 aliphatic rings. The standard InChI is InChI=1S/C20H22F3NO2/c1-4-11-26-18-10-5-15(12-19(18)25-3)13-24-14(2)16-6-8-17(9-7-16)20(21,22)23/h4-10,12,14,24H,1,11,13H2,2-3H3. The molecule has 0 saturated carbocycles. The molecule has 0 aromatic heterocycles. The maximum atomic E-state index is 12.6. The summed E-state index contributed by atoms with van der Waals surface area (Å²) in [6.07, 6.45) is -2.66. The molecule has 0 saturated heterocycles. The van der Waals surface area contributed by atoms with E-state index in [1.165, 1.54) is 12.1 Å². The van der Waals surface area contributed by atoms with E-state index in [1.54, 1.807) is 13.2 Å². The van der Waals surface area contributed by atoms with Crippen LogP contribution in [0.25, 0.3) is 0 Å². The molecule has 1 unspecified atom stereocenters. The van der Waals surface area contributed by atoms with Crippen molar-refractivity contribution in [3.8, 4) is 11.5 Å². The maximum absolute atomic E-state index is 12.6. The summed E-state index contributed by atoms with van der Waals surface area (Å²) in [7, 11) is 1.57. The van der Waals surface area contributed by atoms with E-state index >= 15 is 0 Å². The molecule has 6 heteroatoms. The number of hydrogen-bond donors (Lipinski definition) is 1. The van der Waals surface area contributed by atoms with E-state index in [1.807, 2.05) is 25.1 Å². The molecule has 0 aliphatic carbocycles. The van der Waals surface area contributed by atoms with Crippen LogP contribution < -0.4 is 14.8 Å². The first-order valence-corrected chi connectivity index (χ1v) is 8.16. The number of alkyl halides is 3. The van der Waals surface area contributed by atoms with Gasteiger partial charge in [0.05, 0.1) is 12.7 Å². The lowest BCUT2D eigenvalue weighted by atomic mass is 10.1. The highest BCUT2D eigenvalue weighted by Gasteiger charge is 2.30. The van der Waals surface area contributed by atoms with Crippen molar-refractivity contribution in [2.75, 3.05) is 13.7 Å². The summed E-state index contributed by atoms with van der Waals surface area (Å²) in [5, 5.41) is 3.29. The number of halogens is 3. The Hall–Kier alpha value is -2.47. The highest BCUT2D eigenvalue weighted by molar-refractivity contribution is 5.43. The molecule has 0 amide bonds. The van der Waals surface area contributed by atoms with E-state index in [9.17, 15) is 13.2 Å². The molecule has 26 heavy (non-hydrogen) atoms. The lowest BCUT2D eigenvalue weighted by Crippen LogP contribution is -2.18. The molecular weight excluding hydrogens is 343 g/mol. The van der Waals surface area contributed by atoms with Crippen LogP contribution in [0.4, 0.5) is 13.2 Å². The van der Waals surface area contributed by atoms with E-state index in [2.05, 4.69) is 11.9 Å². The van der Waals surface area contributed by atoms with E-state index in [0.717, 1.165) is 23.3 Å². The largest absolute Gasteiger partial charge is 0.493 e. The molecule has 140 valence electrons. The highest BCUT2D eigenvalue weighted by atomic mass is 19.4. The van der Waals surface area contributed by atoms with Gasteiger partial charge in [0.25, 0.3) is 0 Å². The van der Waals surface area contributed by atoms with E-state index in [4.69, 9.17) is 9.47 Å². The number of rotatable bonds is 8. The summed E-state index contributed by atoms with van der Waals surface area (Å²) in [4.78, 5) is 0. The first-order chi connectivity index (χ1) is 12.3. The van der Waals surface area contributed by atoms with Gasteiger partial charge in [0.2, 0.25) is 0 Å². The number of nitrogens with one attached hydrogen (secondary N) is 1. The molecule has 0 radical (unpaired) electrons. The van der Waals surface area contributed by atoms with Gasteiger partial charge in [0.1, 0.15) is 6.61 Å². The normalized spacial score (nSPS) is 12.5. The van der Waals surface area contributed by atoms with E-state index in [-0.39, 0.29) is 6.04 Å². The zero-order valence-corrected chi connectivity index (χ0v) is 14.8. The summed E-state index contributed by atoms with van der Waals surface area (Å²) in [6.45, 7) is 6.44. The molecule has 2 aromatic carbocycles. The van der Waals surface area contributed by atoms with Crippen molar-refractivity contribution in [3.05, 3.63) is 71.8 Å². The van der Waals surface area contributed by atoms with Gasteiger partial charge in [-0.3, -0.25) is 0 Å². The molecule has 0 aliphatic heterocycles. The van der Waals surface area contributed by atoms with Gasteiger partial charge in [-0.1, -0.05) is 30.9 Å². The highest BCUT2D eigenvalue weighted by Crippen LogP contribution is 2.30. The predicted molar refractivity (Wildman–Crippen MR) is 95.4 cm³/mol. The zero-order chi connectivity index (χ0) is 19.2. The van der Waals surface area contributed by atoms with Crippen molar-refractivity contribution < 1.29 is 22.6 Å². The minimum Gasteiger partial charge on any atom is -0.493 e. The Morgan fingerprint density at radius 1 is 1.12 bits per heavy atom. The van der Waals surface area contributed by atoms with Gasteiger partial charge in [-0.05, 0) is 42.3 Å². The molecule has 0 bridgehead atoms. The smallest absolute Gasteiger partial charge is 0.416 e. The molecule has 0 spiro atoms. The minimum absolute atomic E-state index is 0.0972. The summed E-state index contributed by atoms with van der Waals surface area (Å²) in [5.74, 6) is 1.25. The van der Waals surface area contributed by atoms with Crippen LogP contribution in [0, 0.1) is 0 Å². The molecular formula is C20H22F3NO2.